The van der Waals surface area contributed by atoms with Crippen LogP contribution in [0, 0.1) is 0 Å². The first-order chi connectivity index (χ1) is 14.8. The zero-order valence-electron chi connectivity index (χ0n) is 16.4. The van der Waals surface area contributed by atoms with Gasteiger partial charge < -0.3 is 34.6 Å². The molecule has 31 heavy (non-hydrogen) atoms. The highest BCUT2D eigenvalue weighted by molar-refractivity contribution is 6.24. The summed E-state index contributed by atoms with van der Waals surface area (Å²) in [6.45, 7) is -0.646. The van der Waals surface area contributed by atoms with Crippen LogP contribution in [0.3, 0.4) is 0 Å². The average Bonchev–Trinajstić information content (AvgIpc) is 3.39. The van der Waals surface area contributed by atoms with E-state index in [1.54, 1.807) is 36.6 Å². The van der Waals surface area contributed by atoms with Crippen molar-refractivity contribution in [2.75, 3.05) is 6.61 Å². The molecule has 1 fully saturated rings. The van der Waals surface area contributed by atoms with Crippen LogP contribution in [0.25, 0.3) is 21.9 Å². The largest absolute Gasteiger partial charge is 0.464 e. The molecule has 4 aromatic rings. The zero-order chi connectivity index (χ0) is 21.8. The highest BCUT2D eigenvalue weighted by Crippen LogP contribution is 2.47. The lowest BCUT2D eigenvalue weighted by Crippen LogP contribution is -2.71. The van der Waals surface area contributed by atoms with Gasteiger partial charge in [-0.25, -0.2) is 0 Å². The first-order valence-electron chi connectivity index (χ1n) is 9.95. The molecule has 2 aromatic carbocycles. The SMILES string of the molecule is OC[C@H]1O[C@@H](c2cc3ccccc3[nH]2)[C@H](O)[C@](O)(Cc2ccc3occc3c2)[C@@]1(O)Cl. The molecule has 1 aliphatic rings. The monoisotopic (exact) mass is 443 g/mol. The number of nitrogens with one attached hydrogen (secondary N) is 1. The summed E-state index contributed by atoms with van der Waals surface area (Å²) in [7, 11) is 0. The molecular weight excluding hydrogens is 422 g/mol. The van der Waals surface area contributed by atoms with Gasteiger partial charge in [0, 0.05) is 23.0 Å². The molecule has 162 valence electrons. The van der Waals surface area contributed by atoms with Crippen molar-refractivity contribution in [3.8, 4) is 0 Å². The van der Waals surface area contributed by atoms with Crippen molar-refractivity contribution < 1.29 is 29.6 Å². The second kappa shape index (κ2) is 7.34. The van der Waals surface area contributed by atoms with Crippen molar-refractivity contribution in [1.29, 1.82) is 0 Å². The van der Waals surface area contributed by atoms with E-state index in [0.29, 0.717) is 16.8 Å². The maximum atomic E-state index is 11.6. The van der Waals surface area contributed by atoms with E-state index in [0.717, 1.165) is 16.3 Å². The summed E-state index contributed by atoms with van der Waals surface area (Å²) in [4.78, 5) is 3.18. The summed E-state index contributed by atoms with van der Waals surface area (Å²) in [5, 5.41) is 42.9. The third-order valence-corrected chi connectivity index (χ3v) is 6.71. The third-order valence-electron chi connectivity index (χ3n) is 6.13. The Bertz CT molecular complexity index is 1200. The Kier molecular flexibility index (Phi) is 4.86. The first kappa shape index (κ1) is 20.5. The van der Waals surface area contributed by atoms with Gasteiger partial charge in [0.1, 0.15) is 29.5 Å². The Morgan fingerprint density at radius 3 is 2.61 bits per heavy atom. The van der Waals surface area contributed by atoms with Crippen LogP contribution in [-0.4, -0.2) is 54.9 Å². The predicted molar refractivity (Wildman–Crippen MR) is 115 cm³/mol. The smallest absolute Gasteiger partial charge is 0.199 e. The number of aliphatic hydroxyl groups excluding tert-OH is 2. The van der Waals surface area contributed by atoms with Gasteiger partial charge in [0.2, 0.25) is 0 Å². The number of benzene rings is 2. The van der Waals surface area contributed by atoms with Crippen molar-refractivity contribution in [3.05, 3.63) is 72.1 Å². The van der Waals surface area contributed by atoms with Crippen molar-refractivity contribution in [2.24, 2.45) is 0 Å². The van der Waals surface area contributed by atoms with Gasteiger partial charge in [-0.05, 0) is 41.3 Å². The fourth-order valence-electron chi connectivity index (χ4n) is 4.40. The fourth-order valence-corrected chi connectivity index (χ4v) is 4.70. The average molecular weight is 444 g/mol. The van der Waals surface area contributed by atoms with Gasteiger partial charge in [-0.3, -0.25) is 0 Å². The molecular formula is C23H22ClNO6. The Morgan fingerprint density at radius 1 is 1.03 bits per heavy atom. The summed E-state index contributed by atoms with van der Waals surface area (Å²) in [6, 6.07) is 16.4. The maximum absolute atomic E-state index is 11.6. The van der Waals surface area contributed by atoms with E-state index >= 15 is 0 Å². The number of alkyl halides is 1. The molecule has 1 aliphatic heterocycles. The summed E-state index contributed by atoms with van der Waals surface area (Å²) in [6.07, 6.45) is -2.60. The number of ether oxygens (including phenoxy) is 1. The summed E-state index contributed by atoms with van der Waals surface area (Å²) >= 11 is 6.35. The molecule has 0 radical (unpaired) electrons. The van der Waals surface area contributed by atoms with Crippen LogP contribution in [-0.2, 0) is 11.2 Å². The standard InChI is InChI=1S/C23H22ClNO6/c24-23(29)19(12-26)31-20(17-10-14-3-1-2-4-16(14)25-17)21(27)22(23,28)11-13-5-6-18-15(9-13)7-8-30-18/h1-10,19-21,25-29H,11-12H2/t19-,20+,21+,22-,23-/m1/s1. The molecule has 2 aromatic heterocycles. The number of aromatic amines is 1. The fraction of sp³-hybridized carbons (Fsp3) is 0.304. The second-order valence-electron chi connectivity index (χ2n) is 8.05. The van der Waals surface area contributed by atoms with Gasteiger partial charge in [-0.1, -0.05) is 35.9 Å². The van der Waals surface area contributed by atoms with Crippen LogP contribution < -0.4 is 0 Å². The molecule has 7 nitrogen and oxygen atoms in total. The minimum atomic E-state index is -2.44. The summed E-state index contributed by atoms with van der Waals surface area (Å²) in [5.74, 6) is 0. The number of rotatable bonds is 4. The number of para-hydroxylation sites is 1. The van der Waals surface area contributed by atoms with Crippen molar-refractivity contribution >= 4 is 33.5 Å². The van der Waals surface area contributed by atoms with E-state index in [2.05, 4.69) is 4.98 Å². The molecule has 5 atom stereocenters. The van der Waals surface area contributed by atoms with Gasteiger partial charge in [0.15, 0.2) is 5.06 Å². The number of fused-ring (bicyclic) bond motifs is 2. The number of aromatic nitrogens is 1. The van der Waals surface area contributed by atoms with E-state index in [1.807, 2.05) is 24.3 Å². The van der Waals surface area contributed by atoms with Gasteiger partial charge in [-0.15, -0.1) is 0 Å². The van der Waals surface area contributed by atoms with E-state index < -0.39 is 35.6 Å². The minimum Gasteiger partial charge on any atom is -0.464 e. The molecule has 5 N–H and O–H groups in total. The van der Waals surface area contributed by atoms with Crippen LogP contribution in [0.5, 0.6) is 0 Å². The number of furan rings is 1. The number of hydrogen-bond donors (Lipinski definition) is 5. The zero-order valence-corrected chi connectivity index (χ0v) is 17.2. The molecule has 8 heteroatoms. The first-order valence-corrected chi connectivity index (χ1v) is 10.3. The van der Waals surface area contributed by atoms with Crippen LogP contribution >= 0.6 is 11.6 Å². The van der Waals surface area contributed by atoms with Gasteiger partial charge in [-0.2, -0.15) is 0 Å². The molecule has 0 spiro atoms. The van der Waals surface area contributed by atoms with Crippen LogP contribution in [0.1, 0.15) is 17.4 Å². The number of aliphatic hydroxyl groups is 4. The molecule has 0 saturated carbocycles. The number of H-pyrrole nitrogens is 1. The number of hydrogen-bond acceptors (Lipinski definition) is 6. The summed E-state index contributed by atoms with van der Waals surface area (Å²) in [5.41, 5.74) is 0.411. The number of halogens is 1. The Balaban J connectivity index is 1.56. The lowest BCUT2D eigenvalue weighted by molar-refractivity contribution is -0.294. The molecule has 0 aliphatic carbocycles. The van der Waals surface area contributed by atoms with Crippen LogP contribution in [0.4, 0.5) is 0 Å². The summed E-state index contributed by atoms with van der Waals surface area (Å²) < 4.78 is 11.1. The van der Waals surface area contributed by atoms with Crippen molar-refractivity contribution in [2.45, 2.75) is 35.4 Å². The molecule has 0 amide bonds. The molecule has 0 bridgehead atoms. The lowest BCUT2D eigenvalue weighted by atomic mass is 9.76. The highest BCUT2D eigenvalue weighted by Gasteiger charge is 2.64. The van der Waals surface area contributed by atoms with Gasteiger partial charge in [0.05, 0.1) is 12.9 Å². The third kappa shape index (κ3) is 3.17. The Labute approximate surface area is 182 Å². The van der Waals surface area contributed by atoms with Gasteiger partial charge >= 0.3 is 0 Å². The molecule has 3 heterocycles. The molecule has 1 saturated heterocycles. The minimum absolute atomic E-state index is 0.175. The van der Waals surface area contributed by atoms with Crippen molar-refractivity contribution in [3.63, 3.8) is 0 Å². The molecule has 5 rings (SSSR count). The topological polar surface area (TPSA) is 119 Å². The normalized spacial score (nSPS) is 31.5. The predicted octanol–water partition coefficient (Wildman–Crippen LogP) is 2.61. The van der Waals surface area contributed by atoms with E-state index in [4.69, 9.17) is 20.8 Å². The Hall–Kier alpha value is -2.39. The van der Waals surface area contributed by atoms with Gasteiger partial charge in [0.25, 0.3) is 0 Å². The Morgan fingerprint density at radius 2 is 1.84 bits per heavy atom. The molecule has 0 unspecified atom stereocenters. The van der Waals surface area contributed by atoms with Crippen molar-refractivity contribution in [1.82, 2.24) is 4.98 Å². The van der Waals surface area contributed by atoms with Crippen LogP contribution in [0.2, 0.25) is 0 Å². The van der Waals surface area contributed by atoms with Crippen LogP contribution in [0.15, 0.2) is 65.3 Å². The van der Waals surface area contributed by atoms with E-state index in [9.17, 15) is 20.4 Å². The maximum Gasteiger partial charge on any atom is 0.199 e. The quantitative estimate of drug-likeness (QED) is 0.309. The lowest BCUT2D eigenvalue weighted by Gasteiger charge is -2.52. The second-order valence-corrected chi connectivity index (χ2v) is 8.63. The van der Waals surface area contributed by atoms with E-state index in [-0.39, 0.29) is 6.42 Å². The highest BCUT2D eigenvalue weighted by atomic mass is 35.5. The van der Waals surface area contributed by atoms with E-state index in [1.165, 1.54) is 0 Å².